The molecule has 1 N–H and O–H groups in total. The lowest BCUT2D eigenvalue weighted by molar-refractivity contribution is 1.16. The van der Waals surface area contributed by atoms with Crippen molar-refractivity contribution in [1.29, 1.82) is 0 Å². The number of anilines is 2. The van der Waals surface area contributed by atoms with Crippen molar-refractivity contribution >= 4 is 34.8 Å². The highest BCUT2D eigenvalue weighted by Gasteiger charge is 2.01. The van der Waals surface area contributed by atoms with Crippen molar-refractivity contribution in [3.8, 4) is 0 Å². The Balaban J connectivity index is 2.25. The molecular formula is C9H6Cl2N4. The van der Waals surface area contributed by atoms with Crippen LogP contribution in [0.1, 0.15) is 0 Å². The molecule has 0 unspecified atom stereocenters. The summed E-state index contributed by atoms with van der Waals surface area (Å²) in [5.74, 6) is 0.348. The Morgan fingerprint density at radius 1 is 1.13 bits per heavy atom. The molecule has 0 bridgehead atoms. The minimum absolute atomic E-state index is 0.293. The molecule has 0 aliphatic heterocycles. The van der Waals surface area contributed by atoms with Crippen LogP contribution in [0.25, 0.3) is 0 Å². The van der Waals surface area contributed by atoms with Gasteiger partial charge in [0.1, 0.15) is 10.3 Å². The Labute approximate surface area is 96.3 Å². The topological polar surface area (TPSA) is 50.7 Å². The van der Waals surface area contributed by atoms with E-state index in [1.54, 1.807) is 18.5 Å². The van der Waals surface area contributed by atoms with E-state index in [0.29, 0.717) is 16.3 Å². The van der Waals surface area contributed by atoms with Crippen LogP contribution in [-0.4, -0.2) is 15.0 Å². The Morgan fingerprint density at radius 2 is 1.87 bits per heavy atom. The number of aromatic nitrogens is 3. The van der Waals surface area contributed by atoms with Crippen molar-refractivity contribution in [2.75, 3.05) is 5.32 Å². The molecule has 0 saturated carbocycles. The summed E-state index contributed by atoms with van der Waals surface area (Å²) < 4.78 is 0. The van der Waals surface area contributed by atoms with E-state index in [0.717, 1.165) is 5.69 Å². The van der Waals surface area contributed by atoms with E-state index in [4.69, 9.17) is 23.2 Å². The fourth-order valence-electron chi connectivity index (χ4n) is 1.01. The second-order valence-electron chi connectivity index (χ2n) is 2.70. The highest BCUT2D eigenvalue weighted by atomic mass is 35.5. The third kappa shape index (κ3) is 2.78. The standard InChI is InChI=1S/C9H6Cl2N4/c10-7-4-8(11)15-9(14-7)13-6-2-1-3-12-5-6/h1-5H,(H,13,14,15). The van der Waals surface area contributed by atoms with Crippen molar-refractivity contribution < 1.29 is 0 Å². The quantitative estimate of drug-likeness (QED) is 0.821. The number of halogens is 2. The molecule has 0 saturated heterocycles. The zero-order valence-corrected chi connectivity index (χ0v) is 9.00. The van der Waals surface area contributed by atoms with Crippen molar-refractivity contribution in [3.63, 3.8) is 0 Å². The summed E-state index contributed by atoms with van der Waals surface area (Å²) in [5, 5.41) is 3.52. The smallest absolute Gasteiger partial charge is 0.230 e. The monoisotopic (exact) mass is 240 g/mol. The van der Waals surface area contributed by atoms with Gasteiger partial charge < -0.3 is 5.32 Å². The molecule has 2 aromatic heterocycles. The van der Waals surface area contributed by atoms with Gasteiger partial charge in [-0.05, 0) is 12.1 Å². The van der Waals surface area contributed by atoms with E-state index in [1.165, 1.54) is 6.07 Å². The van der Waals surface area contributed by atoms with E-state index in [9.17, 15) is 0 Å². The van der Waals surface area contributed by atoms with Crippen LogP contribution in [0.4, 0.5) is 11.6 Å². The maximum atomic E-state index is 5.73. The predicted molar refractivity (Wildman–Crippen MR) is 59.6 cm³/mol. The van der Waals surface area contributed by atoms with Gasteiger partial charge in [0.2, 0.25) is 5.95 Å². The average Bonchev–Trinajstić information content (AvgIpc) is 2.17. The van der Waals surface area contributed by atoms with Gasteiger partial charge in [-0.15, -0.1) is 0 Å². The van der Waals surface area contributed by atoms with Gasteiger partial charge in [-0.2, -0.15) is 0 Å². The molecule has 2 heterocycles. The van der Waals surface area contributed by atoms with Crippen LogP contribution in [-0.2, 0) is 0 Å². The van der Waals surface area contributed by atoms with Gasteiger partial charge in [0.25, 0.3) is 0 Å². The number of nitrogens with one attached hydrogen (secondary N) is 1. The minimum Gasteiger partial charge on any atom is -0.323 e. The number of hydrogen-bond donors (Lipinski definition) is 1. The predicted octanol–water partition coefficient (Wildman–Crippen LogP) is 2.92. The zero-order valence-electron chi connectivity index (χ0n) is 7.48. The molecule has 4 nitrogen and oxygen atoms in total. The highest BCUT2D eigenvalue weighted by Crippen LogP contribution is 2.17. The molecule has 0 aliphatic rings. The fourth-order valence-corrected chi connectivity index (χ4v) is 1.43. The summed E-state index contributed by atoms with van der Waals surface area (Å²) in [6.45, 7) is 0. The molecule has 76 valence electrons. The van der Waals surface area contributed by atoms with E-state index in [2.05, 4.69) is 20.3 Å². The van der Waals surface area contributed by atoms with Crippen LogP contribution < -0.4 is 5.32 Å². The SMILES string of the molecule is Clc1cc(Cl)nc(Nc2cccnc2)n1. The first-order valence-electron chi connectivity index (χ1n) is 4.11. The maximum absolute atomic E-state index is 5.73. The van der Waals surface area contributed by atoms with E-state index in [1.807, 2.05) is 6.07 Å². The van der Waals surface area contributed by atoms with Crippen LogP contribution in [0.15, 0.2) is 30.6 Å². The molecule has 0 atom stereocenters. The first-order valence-corrected chi connectivity index (χ1v) is 4.87. The summed E-state index contributed by atoms with van der Waals surface area (Å²) in [6.07, 6.45) is 3.33. The van der Waals surface area contributed by atoms with Crippen LogP contribution in [0.2, 0.25) is 10.3 Å². The Kier molecular flexibility index (Phi) is 2.99. The Bertz CT molecular complexity index is 441. The summed E-state index contributed by atoms with van der Waals surface area (Å²) in [6, 6.07) is 5.11. The summed E-state index contributed by atoms with van der Waals surface area (Å²) in [5.41, 5.74) is 0.774. The van der Waals surface area contributed by atoms with Gasteiger partial charge in [0.05, 0.1) is 11.9 Å². The lowest BCUT2D eigenvalue weighted by Crippen LogP contribution is -1.97. The van der Waals surface area contributed by atoms with Gasteiger partial charge in [-0.3, -0.25) is 4.98 Å². The normalized spacial score (nSPS) is 10.0. The van der Waals surface area contributed by atoms with Crippen LogP contribution in [0, 0.1) is 0 Å². The Morgan fingerprint density at radius 3 is 2.47 bits per heavy atom. The number of rotatable bonds is 2. The molecule has 2 rings (SSSR count). The lowest BCUT2D eigenvalue weighted by Gasteiger charge is -2.03. The highest BCUT2D eigenvalue weighted by molar-refractivity contribution is 6.33. The maximum Gasteiger partial charge on any atom is 0.230 e. The number of pyridine rings is 1. The van der Waals surface area contributed by atoms with Crippen molar-refractivity contribution in [2.45, 2.75) is 0 Å². The lowest BCUT2D eigenvalue weighted by atomic mass is 10.4. The summed E-state index contributed by atoms with van der Waals surface area (Å²) in [7, 11) is 0. The largest absolute Gasteiger partial charge is 0.323 e. The molecular weight excluding hydrogens is 235 g/mol. The van der Waals surface area contributed by atoms with Crippen LogP contribution in [0.3, 0.4) is 0 Å². The number of hydrogen-bond acceptors (Lipinski definition) is 4. The molecule has 0 aliphatic carbocycles. The molecule has 2 aromatic rings. The molecule has 6 heteroatoms. The first-order chi connectivity index (χ1) is 7.24. The summed E-state index contributed by atoms with van der Waals surface area (Å²) >= 11 is 11.5. The molecule has 0 radical (unpaired) electrons. The minimum atomic E-state index is 0.293. The van der Waals surface area contributed by atoms with Crippen LogP contribution in [0.5, 0.6) is 0 Å². The second-order valence-corrected chi connectivity index (χ2v) is 3.48. The first kappa shape index (κ1) is 10.1. The van der Waals surface area contributed by atoms with E-state index >= 15 is 0 Å². The van der Waals surface area contributed by atoms with Crippen molar-refractivity contribution in [3.05, 3.63) is 40.9 Å². The molecule has 0 spiro atoms. The van der Waals surface area contributed by atoms with Gasteiger partial charge in [-0.1, -0.05) is 23.2 Å². The van der Waals surface area contributed by atoms with E-state index < -0.39 is 0 Å². The van der Waals surface area contributed by atoms with Crippen LogP contribution >= 0.6 is 23.2 Å². The fraction of sp³-hybridized carbons (Fsp3) is 0. The summed E-state index contributed by atoms with van der Waals surface area (Å²) in [4.78, 5) is 11.9. The van der Waals surface area contributed by atoms with Crippen molar-refractivity contribution in [2.24, 2.45) is 0 Å². The Hall–Kier alpha value is -1.39. The molecule has 0 fully saturated rings. The molecule has 0 amide bonds. The van der Waals surface area contributed by atoms with E-state index in [-0.39, 0.29) is 0 Å². The third-order valence-electron chi connectivity index (χ3n) is 1.58. The van der Waals surface area contributed by atoms with Gasteiger partial charge >= 0.3 is 0 Å². The zero-order chi connectivity index (χ0) is 10.7. The average molecular weight is 241 g/mol. The molecule has 0 aromatic carbocycles. The van der Waals surface area contributed by atoms with Crippen molar-refractivity contribution in [1.82, 2.24) is 15.0 Å². The van der Waals surface area contributed by atoms with Gasteiger partial charge in [0, 0.05) is 12.3 Å². The van der Waals surface area contributed by atoms with Gasteiger partial charge in [0.15, 0.2) is 0 Å². The van der Waals surface area contributed by atoms with Gasteiger partial charge in [-0.25, -0.2) is 9.97 Å². The molecule has 15 heavy (non-hydrogen) atoms. The second kappa shape index (κ2) is 4.42. The third-order valence-corrected chi connectivity index (χ3v) is 1.97. The number of nitrogens with zero attached hydrogens (tertiary/aromatic N) is 3.